The molecule has 1 aliphatic rings. The van der Waals surface area contributed by atoms with Crippen LogP contribution in [0, 0.1) is 6.92 Å². The molecule has 0 aliphatic heterocycles. The Morgan fingerprint density at radius 2 is 2.22 bits per heavy atom. The number of amides is 1. The zero-order valence-corrected chi connectivity index (χ0v) is 10.7. The summed E-state index contributed by atoms with van der Waals surface area (Å²) in [5.74, 6) is -0.572. The molecule has 0 bridgehead atoms. The van der Waals surface area contributed by atoms with Crippen LogP contribution in [0.5, 0.6) is 0 Å². The maximum atomic E-state index is 12.3. The van der Waals surface area contributed by atoms with Gasteiger partial charge in [0, 0.05) is 12.1 Å². The lowest BCUT2D eigenvalue weighted by Gasteiger charge is -2.26. The van der Waals surface area contributed by atoms with E-state index in [2.05, 4.69) is 9.89 Å². The van der Waals surface area contributed by atoms with E-state index in [1.165, 1.54) is 12.0 Å². The standard InChI is InChI=1S/C12H16N2O4/c1-7-6-10(18-13-7)11(15)14(9-4-5-9)8(2)12(16)17-3/h6,8-9H,4-5H2,1-3H3/t8-/m0/s1. The monoisotopic (exact) mass is 252 g/mol. The second kappa shape index (κ2) is 4.80. The third-order valence-electron chi connectivity index (χ3n) is 2.97. The number of hydrogen-bond donors (Lipinski definition) is 0. The predicted octanol–water partition coefficient (Wildman–Crippen LogP) is 1.15. The molecule has 1 heterocycles. The van der Waals surface area contributed by atoms with Gasteiger partial charge in [0.1, 0.15) is 6.04 Å². The number of esters is 1. The molecule has 1 saturated carbocycles. The van der Waals surface area contributed by atoms with Crippen LogP contribution in [0.4, 0.5) is 0 Å². The molecule has 18 heavy (non-hydrogen) atoms. The van der Waals surface area contributed by atoms with Crippen molar-refractivity contribution in [3.63, 3.8) is 0 Å². The summed E-state index contributed by atoms with van der Waals surface area (Å²) in [4.78, 5) is 25.4. The summed E-state index contributed by atoms with van der Waals surface area (Å²) < 4.78 is 9.64. The third-order valence-corrected chi connectivity index (χ3v) is 2.97. The third kappa shape index (κ3) is 2.37. The van der Waals surface area contributed by atoms with Crippen LogP contribution in [0.3, 0.4) is 0 Å². The molecule has 2 rings (SSSR count). The first kappa shape index (κ1) is 12.6. The van der Waals surface area contributed by atoms with Gasteiger partial charge < -0.3 is 14.2 Å². The summed E-state index contributed by atoms with van der Waals surface area (Å²) in [5, 5.41) is 3.69. The van der Waals surface area contributed by atoms with Gasteiger partial charge in [0.25, 0.3) is 5.91 Å². The molecule has 0 saturated heterocycles. The second-order valence-corrected chi connectivity index (χ2v) is 4.48. The number of rotatable bonds is 4. The lowest BCUT2D eigenvalue weighted by atomic mass is 10.2. The Kier molecular flexibility index (Phi) is 3.36. The zero-order chi connectivity index (χ0) is 13.3. The van der Waals surface area contributed by atoms with Crippen molar-refractivity contribution < 1.29 is 18.8 Å². The summed E-state index contributed by atoms with van der Waals surface area (Å²) in [7, 11) is 1.31. The number of aromatic nitrogens is 1. The van der Waals surface area contributed by atoms with Crippen molar-refractivity contribution in [3.8, 4) is 0 Å². The Morgan fingerprint density at radius 3 is 2.67 bits per heavy atom. The number of aryl methyl sites for hydroxylation is 1. The van der Waals surface area contributed by atoms with Crippen LogP contribution in [0.2, 0.25) is 0 Å². The largest absolute Gasteiger partial charge is 0.467 e. The van der Waals surface area contributed by atoms with Gasteiger partial charge in [0.2, 0.25) is 5.76 Å². The van der Waals surface area contributed by atoms with Crippen LogP contribution in [0.15, 0.2) is 10.6 Å². The predicted molar refractivity (Wildman–Crippen MR) is 61.9 cm³/mol. The fourth-order valence-electron chi connectivity index (χ4n) is 1.89. The number of hydrogen-bond acceptors (Lipinski definition) is 5. The Labute approximate surface area is 105 Å². The van der Waals surface area contributed by atoms with Crippen LogP contribution in [0.25, 0.3) is 0 Å². The first-order valence-electron chi connectivity index (χ1n) is 5.88. The molecule has 1 amide bonds. The van der Waals surface area contributed by atoms with E-state index >= 15 is 0 Å². The van der Waals surface area contributed by atoms with Gasteiger partial charge in [-0.3, -0.25) is 4.79 Å². The van der Waals surface area contributed by atoms with E-state index in [9.17, 15) is 9.59 Å². The summed E-state index contributed by atoms with van der Waals surface area (Å²) in [6.45, 7) is 3.40. The quantitative estimate of drug-likeness (QED) is 0.751. The minimum absolute atomic E-state index is 0.0945. The van der Waals surface area contributed by atoms with Gasteiger partial charge in [0.15, 0.2) is 0 Å². The summed E-state index contributed by atoms with van der Waals surface area (Å²) in [6.07, 6.45) is 1.81. The number of carbonyl (C=O) groups is 2. The average molecular weight is 252 g/mol. The minimum Gasteiger partial charge on any atom is -0.467 e. The smallest absolute Gasteiger partial charge is 0.328 e. The number of carbonyl (C=O) groups excluding carboxylic acids is 2. The van der Waals surface area contributed by atoms with Gasteiger partial charge in [0.05, 0.1) is 12.8 Å². The highest BCUT2D eigenvalue weighted by Gasteiger charge is 2.40. The maximum absolute atomic E-state index is 12.3. The molecule has 6 nitrogen and oxygen atoms in total. The van der Waals surface area contributed by atoms with E-state index in [0.29, 0.717) is 5.69 Å². The van der Waals surface area contributed by atoms with E-state index in [4.69, 9.17) is 4.52 Å². The van der Waals surface area contributed by atoms with E-state index in [1.807, 2.05) is 0 Å². The molecule has 0 radical (unpaired) electrons. The van der Waals surface area contributed by atoms with Crippen molar-refractivity contribution in [2.24, 2.45) is 0 Å². The molecule has 0 aromatic carbocycles. The first-order chi connectivity index (χ1) is 8.54. The van der Waals surface area contributed by atoms with Crippen molar-refractivity contribution in [1.29, 1.82) is 0 Å². The molecule has 0 N–H and O–H groups in total. The highest BCUT2D eigenvalue weighted by atomic mass is 16.5. The van der Waals surface area contributed by atoms with Gasteiger partial charge in [-0.15, -0.1) is 0 Å². The molecule has 1 aliphatic carbocycles. The normalized spacial score (nSPS) is 16.2. The van der Waals surface area contributed by atoms with E-state index < -0.39 is 12.0 Å². The highest BCUT2D eigenvalue weighted by Crippen LogP contribution is 2.30. The number of methoxy groups -OCH3 is 1. The molecule has 98 valence electrons. The van der Waals surface area contributed by atoms with Crippen molar-refractivity contribution in [2.75, 3.05) is 7.11 Å². The molecule has 6 heteroatoms. The summed E-state index contributed by atoms with van der Waals surface area (Å²) in [5.41, 5.74) is 0.639. The minimum atomic E-state index is -0.611. The molecule has 1 atom stereocenters. The maximum Gasteiger partial charge on any atom is 0.328 e. The lowest BCUT2D eigenvalue weighted by molar-refractivity contribution is -0.145. The van der Waals surface area contributed by atoms with Gasteiger partial charge in [-0.05, 0) is 26.7 Å². The van der Waals surface area contributed by atoms with Gasteiger partial charge in [-0.25, -0.2) is 4.79 Å². The van der Waals surface area contributed by atoms with Gasteiger partial charge in [-0.1, -0.05) is 5.16 Å². The topological polar surface area (TPSA) is 72.6 Å². The molecular formula is C12H16N2O4. The Morgan fingerprint density at radius 1 is 1.56 bits per heavy atom. The van der Waals surface area contributed by atoms with Gasteiger partial charge >= 0.3 is 5.97 Å². The van der Waals surface area contributed by atoms with Crippen molar-refractivity contribution >= 4 is 11.9 Å². The second-order valence-electron chi connectivity index (χ2n) is 4.48. The zero-order valence-electron chi connectivity index (χ0n) is 10.7. The van der Waals surface area contributed by atoms with Crippen LogP contribution in [-0.4, -0.2) is 41.1 Å². The Hall–Kier alpha value is -1.85. The van der Waals surface area contributed by atoms with E-state index in [-0.39, 0.29) is 17.7 Å². The summed E-state index contributed by atoms with van der Waals surface area (Å²) in [6, 6.07) is 1.05. The van der Waals surface area contributed by atoms with E-state index in [0.717, 1.165) is 12.8 Å². The van der Waals surface area contributed by atoms with Crippen molar-refractivity contribution in [3.05, 3.63) is 17.5 Å². The van der Waals surface area contributed by atoms with Gasteiger partial charge in [-0.2, -0.15) is 0 Å². The molecule has 1 aromatic heterocycles. The average Bonchev–Trinajstić information content (AvgIpc) is 3.09. The molecule has 0 unspecified atom stereocenters. The molecule has 1 fully saturated rings. The SMILES string of the molecule is COC(=O)[C@H](C)N(C(=O)c1cc(C)no1)C1CC1. The van der Waals surface area contributed by atoms with Crippen LogP contribution in [-0.2, 0) is 9.53 Å². The summed E-state index contributed by atoms with van der Waals surface area (Å²) >= 11 is 0. The van der Waals surface area contributed by atoms with Crippen molar-refractivity contribution in [1.82, 2.24) is 10.1 Å². The van der Waals surface area contributed by atoms with Crippen LogP contribution in [0.1, 0.15) is 36.0 Å². The number of nitrogens with zero attached hydrogens (tertiary/aromatic N) is 2. The fraction of sp³-hybridized carbons (Fsp3) is 0.583. The Bertz CT molecular complexity index is 464. The number of ether oxygens (including phenoxy) is 1. The molecule has 0 spiro atoms. The lowest BCUT2D eigenvalue weighted by Crippen LogP contribution is -2.45. The highest BCUT2D eigenvalue weighted by molar-refractivity contribution is 5.94. The first-order valence-corrected chi connectivity index (χ1v) is 5.88. The van der Waals surface area contributed by atoms with Crippen molar-refractivity contribution in [2.45, 2.75) is 38.8 Å². The molecular weight excluding hydrogens is 236 g/mol. The van der Waals surface area contributed by atoms with Crippen LogP contribution >= 0.6 is 0 Å². The molecule has 1 aromatic rings. The van der Waals surface area contributed by atoms with E-state index in [1.54, 1.807) is 19.9 Å². The fourth-order valence-corrected chi connectivity index (χ4v) is 1.89. The Balaban J connectivity index is 2.20. The van der Waals surface area contributed by atoms with Crippen LogP contribution < -0.4 is 0 Å².